The Morgan fingerprint density at radius 1 is 1.36 bits per heavy atom. The minimum atomic E-state index is -3.36. The number of nitriles is 1. The van der Waals surface area contributed by atoms with Gasteiger partial charge in [-0.15, -0.1) is 0 Å². The molecule has 3 heterocycles. The Balaban J connectivity index is 1.84. The van der Waals surface area contributed by atoms with Gasteiger partial charge < -0.3 is 4.74 Å². The van der Waals surface area contributed by atoms with Gasteiger partial charge in [0.25, 0.3) is 0 Å². The number of hydrogen-bond donors (Lipinski definition) is 0. The monoisotopic (exact) mass is 361 g/mol. The number of hydrogen-bond acceptors (Lipinski definition) is 6. The molecule has 0 radical (unpaired) electrons. The van der Waals surface area contributed by atoms with Crippen LogP contribution in [-0.4, -0.2) is 45.9 Å². The van der Waals surface area contributed by atoms with Crippen molar-refractivity contribution in [2.24, 2.45) is 0 Å². The van der Waals surface area contributed by atoms with Gasteiger partial charge >= 0.3 is 0 Å². The molecule has 0 fully saturated rings. The van der Waals surface area contributed by atoms with Crippen molar-refractivity contribution < 1.29 is 13.2 Å². The SMILES string of the molecule is CCCS(=O)(=O)N1Cc2ccnn2CC(Oc2ccc(C#N)cn2)C1. The number of rotatable bonds is 5. The van der Waals surface area contributed by atoms with Crippen LogP contribution in [0.2, 0.25) is 0 Å². The molecule has 0 aromatic carbocycles. The zero-order valence-electron chi connectivity index (χ0n) is 13.9. The van der Waals surface area contributed by atoms with Crippen LogP contribution in [0.25, 0.3) is 0 Å². The molecule has 0 bridgehead atoms. The third-order valence-electron chi connectivity index (χ3n) is 3.94. The molecule has 1 aliphatic heterocycles. The van der Waals surface area contributed by atoms with Crippen molar-refractivity contribution in [3.05, 3.63) is 41.9 Å². The van der Waals surface area contributed by atoms with E-state index in [1.165, 1.54) is 10.5 Å². The summed E-state index contributed by atoms with van der Waals surface area (Å²) in [5.41, 5.74) is 1.27. The molecule has 0 spiro atoms. The second kappa shape index (κ2) is 7.21. The normalized spacial score (nSPS) is 18.2. The molecule has 8 nitrogen and oxygen atoms in total. The highest BCUT2D eigenvalue weighted by atomic mass is 32.2. The van der Waals surface area contributed by atoms with E-state index < -0.39 is 16.1 Å². The molecule has 2 aromatic rings. The van der Waals surface area contributed by atoms with Crippen molar-refractivity contribution in [1.82, 2.24) is 19.1 Å². The van der Waals surface area contributed by atoms with Gasteiger partial charge in [0.05, 0.1) is 36.6 Å². The van der Waals surface area contributed by atoms with Crippen LogP contribution in [0.15, 0.2) is 30.6 Å². The summed E-state index contributed by atoms with van der Waals surface area (Å²) < 4.78 is 34.2. The number of fused-ring (bicyclic) bond motifs is 1. The number of sulfonamides is 1. The van der Waals surface area contributed by atoms with Crippen molar-refractivity contribution in [1.29, 1.82) is 5.26 Å². The number of aromatic nitrogens is 3. The van der Waals surface area contributed by atoms with E-state index >= 15 is 0 Å². The molecule has 1 atom stereocenters. The first-order valence-corrected chi connectivity index (χ1v) is 9.64. The molecule has 0 saturated heterocycles. The topological polar surface area (TPSA) is 101 Å². The maximum atomic E-state index is 12.5. The molecule has 0 N–H and O–H groups in total. The van der Waals surface area contributed by atoms with E-state index in [1.807, 2.05) is 19.1 Å². The molecule has 0 saturated carbocycles. The largest absolute Gasteiger partial charge is 0.471 e. The van der Waals surface area contributed by atoms with Crippen LogP contribution in [0.4, 0.5) is 0 Å². The van der Waals surface area contributed by atoms with Crippen molar-refractivity contribution in [2.45, 2.75) is 32.5 Å². The van der Waals surface area contributed by atoms with Crippen molar-refractivity contribution in [3.8, 4) is 11.9 Å². The van der Waals surface area contributed by atoms with Crippen molar-refractivity contribution >= 4 is 10.0 Å². The van der Waals surface area contributed by atoms with Gasteiger partial charge in [-0.05, 0) is 18.6 Å². The van der Waals surface area contributed by atoms with Crippen LogP contribution in [0.1, 0.15) is 24.6 Å². The third kappa shape index (κ3) is 3.97. The second-order valence-electron chi connectivity index (χ2n) is 5.85. The lowest BCUT2D eigenvalue weighted by molar-refractivity contribution is 0.151. The summed E-state index contributed by atoms with van der Waals surface area (Å²) in [6.07, 6.45) is 3.22. The fraction of sp³-hybridized carbons (Fsp3) is 0.438. The van der Waals surface area contributed by atoms with Gasteiger partial charge in [-0.3, -0.25) is 4.68 Å². The van der Waals surface area contributed by atoms with Gasteiger partial charge in [-0.1, -0.05) is 6.92 Å². The van der Waals surface area contributed by atoms with E-state index in [9.17, 15) is 8.42 Å². The predicted molar refractivity (Wildman–Crippen MR) is 90.1 cm³/mol. The van der Waals surface area contributed by atoms with Gasteiger partial charge in [0.1, 0.15) is 12.2 Å². The first-order chi connectivity index (χ1) is 12.0. The Labute approximate surface area is 146 Å². The molecule has 1 unspecified atom stereocenters. The van der Waals surface area contributed by atoms with Gasteiger partial charge in [0.15, 0.2) is 0 Å². The van der Waals surface area contributed by atoms with E-state index in [1.54, 1.807) is 23.0 Å². The molecule has 0 amide bonds. The van der Waals surface area contributed by atoms with E-state index in [2.05, 4.69) is 10.1 Å². The molecule has 1 aliphatic rings. The van der Waals surface area contributed by atoms with Crippen LogP contribution in [0.5, 0.6) is 5.88 Å². The van der Waals surface area contributed by atoms with Crippen LogP contribution >= 0.6 is 0 Å². The molecule has 9 heteroatoms. The lowest BCUT2D eigenvalue weighted by Crippen LogP contribution is -2.39. The second-order valence-corrected chi connectivity index (χ2v) is 7.94. The minimum Gasteiger partial charge on any atom is -0.471 e. The lowest BCUT2D eigenvalue weighted by atomic mass is 10.3. The third-order valence-corrected chi connectivity index (χ3v) is 5.92. The van der Waals surface area contributed by atoms with Gasteiger partial charge in [-0.25, -0.2) is 13.4 Å². The Morgan fingerprint density at radius 2 is 2.20 bits per heavy atom. The highest BCUT2D eigenvalue weighted by molar-refractivity contribution is 7.89. The van der Waals surface area contributed by atoms with Crippen LogP contribution in [-0.2, 0) is 23.1 Å². The highest BCUT2D eigenvalue weighted by Gasteiger charge is 2.30. The van der Waals surface area contributed by atoms with Crippen LogP contribution < -0.4 is 4.74 Å². The molecule has 3 rings (SSSR count). The Bertz CT molecular complexity index is 870. The van der Waals surface area contributed by atoms with Gasteiger partial charge in [0, 0.05) is 18.5 Å². The summed E-state index contributed by atoms with van der Waals surface area (Å²) in [6.45, 7) is 2.78. The summed E-state index contributed by atoms with van der Waals surface area (Å²) in [5.74, 6) is 0.454. The summed E-state index contributed by atoms with van der Waals surface area (Å²) >= 11 is 0. The van der Waals surface area contributed by atoms with Crippen molar-refractivity contribution in [3.63, 3.8) is 0 Å². The minimum absolute atomic E-state index is 0.100. The van der Waals surface area contributed by atoms with E-state index in [0.717, 1.165) is 5.69 Å². The van der Waals surface area contributed by atoms with Crippen LogP contribution in [0.3, 0.4) is 0 Å². The maximum absolute atomic E-state index is 12.5. The predicted octanol–water partition coefficient (Wildman–Crippen LogP) is 1.15. The lowest BCUT2D eigenvalue weighted by Gasteiger charge is -2.23. The van der Waals surface area contributed by atoms with E-state index in [-0.39, 0.29) is 18.8 Å². The zero-order chi connectivity index (χ0) is 17.9. The number of nitrogens with zero attached hydrogens (tertiary/aromatic N) is 5. The number of pyridine rings is 1. The molecule has 2 aromatic heterocycles. The average molecular weight is 361 g/mol. The molecule has 25 heavy (non-hydrogen) atoms. The van der Waals surface area contributed by atoms with Gasteiger partial charge in [0.2, 0.25) is 15.9 Å². The zero-order valence-corrected chi connectivity index (χ0v) is 14.7. The molecular weight excluding hydrogens is 342 g/mol. The summed E-state index contributed by atoms with van der Waals surface area (Å²) in [5, 5.41) is 13.1. The summed E-state index contributed by atoms with van der Waals surface area (Å²) in [4.78, 5) is 4.10. The van der Waals surface area contributed by atoms with Gasteiger partial charge in [-0.2, -0.15) is 14.7 Å². The van der Waals surface area contributed by atoms with Crippen molar-refractivity contribution in [2.75, 3.05) is 12.3 Å². The molecule has 0 aliphatic carbocycles. The summed E-state index contributed by atoms with van der Waals surface area (Å²) in [6, 6.07) is 7.04. The first-order valence-electron chi connectivity index (χ1n) is 8.03. The molecule has 132 valence electrons. The maximum Gasteiger partial charge on any atom is 0.214 e. The fourth-order valence-electron chi connectivity index (χ4n) is 2.74. The first kappa shape index (κ1) is 17.4. The van der Waals surface area contributed by atoms with E-state index in [0.29, 0.717) is 24.4 Å². The Kier molecular flexibility index (Phi) is 5.01. The van der Waals surface area contributed by atoms with Crippen LogP contribution in [0, 0.1) is 11.3 Å². The number of ether oxygens (including phenoxy) is 1. The average Bonchev–Trinajstić information content (AvgIpc) is 2.94. The standard InChI is InChI=1S/C16H19N5O3S/c1-2-7-25(22,23)20-10-14-5-6-19-21(14)12-15(11-20)24-16-4-3-13(8-17)9-18-16/h3-6,9,15H,2,7,10-12H2,1H3. The quantitative estimate of drug-likeness (QED) is 0.792. The fourth-order valence-corrected chi connectivity index (χ4v) is 4.24. The van der Waals surface area contributed by atoms with E-state index in [4.69, 9.17) is 10.00 Å². The highest BCUT2D eigenvalue weighted by Crippen LogP contribution is 2.19. The molecular formula is C16H19N5O3S. The summed E-state index contributed by atoms with van der Waals surface area (Å²) in [7, 11) is -3.36. The Hall–Kier alpha value is -2.44. The Morgan fingerprint density at radius 3 is 2.88 bits per heavy atom. The smallest absolute Gasteiger partial charge is 0.214 e.